The van der Waals surface area contributed by atoms with Gasteiger partial charge >= 0.3 is 0 Å². The number of carbonyl (C=O) groups is 1. The molecule has 1 unspecified atom stereocenters. The van der Waals surface area contributed by atoms with Crippen molar-refractivity contribution in [1.29, 1.82) is 0 Å². The molecule has 0 aromatic heterocycles. The van der Waals surface area contributed by atoms with Gasteiger partial charge in [0.2, 0.25) is 5.91 Å². The van der Waals surface area contributed by atoms with E-state index < -0.39 is 0 Å². The summed E-state index contributed by atoms with van der Waals surface area (Å²) in [7, 11) is 0. The van der Waals surface area contributed by atoms with Crippen LogP contribution in [0.5, 0.6) is 0 Å². The molecule has 1 amide bonds. The average Bonchev–Trinajstić information content (AvgIpc) is 2.35. The van der Waals surface area contributed by atoms with Crippen molar-refractivity contribution in [2.24, 2.45) is 5.92 Å². The summed E-state index contributed by atoms with van der Waals surface area (Å²) in [6.45, 7) is 5.46. The van der Waals surface area contributed by atoms with E-state index in [1.165, 1.54) is 0 Å². The number of rotatable bonds is 3. The maximum absolute atomic E-state index is 12.0. The summed E-state index contributed by atoms with van der Waals surface area (Å²) in [5, 5.41) is 3.53. The van der Waals surface area contributed by atoms with Gasteiger partial charge in [-0.25, -0.2) is 0 Å². The first-order valence-corrected chi connectivity index (χ1v) is 7.08. The first kappa shape index (κ1) is 14.4. The van der Waals surface area contributed by atoms with Crippen LogP contribution in [-0.4, -0.2) is 19.1 Å². The van der Waals surface area contributed by atoms with Gasteiger partial charge in [-0.3, -0.25) is 4.79 Å². The molecule has 0 radical (unpaired) electrons. The van der Waals surface area contributed by atoms with Crippen molar-refractivity contribution in [3.63, 3.8) is 0 Å². The van der Waals surface area contributed by atoms with Crippen LogP contribution in [0.25, 0.3) is 0 Å². The molecule has 1 aliphatic rings. The van der Waals surface area contributed by atoms with Crippen LogP contribution in [0, 0.1) is 19.8 Å². The third-order valence-electron chi connectivity index (χ3n) is 3.42. The molecule has 1 fully saturated rings. The molecule has 104 valence electrons. The third kappa shape index (κ3) is 3.95. The maximum Gasteiger partial charge on any atom is 0.224 e. The Morgan fingerprint density at radius 1 is 1.47 bits per heavy atom. The van der Waals surface area contributed by atoms with Gasteiger partial charge in [-0.15, -0.1) is 0 Å². The molecule has 1 aromatic carbocycles. The molecule has 2 rings (SSSR count). The highest BCUT2D eigenvalue weighted by molar-refractivity contribution is 6.34. The molecule has 0 bridgehead atoms. The van der Waals surface area contributed by atoms with E-state index in [1.807, 2.05) is 26.0 Å². The van der Waals surface area contributed by atoms with Gasteiger partial charge in [-0.1, -0.05) is 17.7 Å². The second kappa shape index (κ2) is 6.40. The Morgan fingerprint density at radius 2 is 2.26 bits per heavy atom. The van der Waals surface area contributed by atoms with Crippen LogP contribution in [0.15, 0.2) is 12.1 Å². The number of hydrogen-bond acceptors (Lipinski definition) is 2. The molecule has 0 spiro atoms. The number of amides is 1. The highest BCUT2D eigenvalue weighted by Gasteiger charge is 2.18. The monoisotopic (exact) mass is 281 g/mol. The van der Waals surface area contributed by atoms with Crippen molar-refractivity contribution in [2.75, 3.05) is 18.5 Å². The molecular formula is C15H20ClNO2. The predicted octanol–water partition coefficient (Wildman–Crippen LogP) is 3.71. The van der Waals surface area contributed by atoms with Gasteiger partial charge in [0.1, 0.15) is 0 Å². The lowest BCUT2D eigenvalue weighted by Crippen LogP contribution is -2.23. The molecule has 0 aliphatic carbocycles. The molecule has 1 N–H and O–H groups in total. The number of ether oxygens (including phenoxy) is 1. The van der Waals surface area contributed by atoms with Gasteiger partial charge in [0.15, 0.2) is 0 Å². The van der Waals surface area contributed by atoms with E-state index in [1.54, 1.807) is 0 Å². The quantitative estimate of drug-likeness (QED) is 0.917. The van der Waals surface area contributed by atoms with E-state index in [0.29, 0.717) is 24.0 Å². The zero-order valence-electron chi connectivity index (χ0n) is 11.5. The van der Waals surface area contributed by atoms with Crippen molar-refractivity contribution in [2.45, 2.75) is 33.1 Å². The van der Waals surface area contributed by atoms with Crippen molar-refractivity contribution in [1.82, 2.24) is 0 Å². The minimum Gasteiger partial charge on any atom is -0.381 e. The number of nitrogens with one attached hydrogen (secondary N) is 1. The molecule has 4 heteroatoms. The standard InChI is InChI=1S/C15H20ClNO2/c1-10-6-11(2)15(13(16)7-10)17-14(18)8-12-4-3-5-19-9-12/h6-7,12H,3-5,8-9H2,1-2H3,(H,17,18). The third-order valence-corrected chi connectivity index (χ3v) is 3.72. The smallest absolute Gasteiger partial charge is 0.224 e. The fraction of sp³-hybridized carbons (Fsp3) is 0.533. The van der Waals surface area contributed by atoms with E-state index in [2.05, 4.69) is 5.32 Å². The summed E-state index contributed by atoms with van der Waals surface area (Å²) < 4.78 is 5.39. The fourth-order valence-corrected chi connectivity index (χ4v) is 2.86. The highest BCUT2D eigenvalue weighted by Crippen LogP contribution is 2.28. The minimum absolute atomic E-state index is 0.0179. The largest absolute Gasteiger partial charge is 0.381 e. The second-order valence-electron chi connectivity index (χ2n) is 5.27. The maximum atomic E-state index is 12.0. The molecule has 1 saturated heterocycles. The summed E-state index contributed by atoms with van der Waals surface area (Å²) in [5.74, 6) is 0.350. The number of carbonyl (C=O) groups excluding carboxylic acids is 1. The van der Waals surface area contributed by atoms with Crippen molar-refractivity contribution in [3.05, 3.63) is 28.3 Å². The van der Waals surface area contributed by atoms with Crippen LogP contribution >= 0.6 is 11.6 Å². The lowest BCUT2D eigenvalue weighted by molar-refractivity contribution is -0.118. The number of halogens is 1. The number of anilines is 1. The number of hydrogen-bond donors (Lipinski definition) is 1. The first-order valence-electron chi connectivity index (χ1n) is 6.70. The lowest BCUT2D eigenvalue weighted by Gasteiger charge is -2.21. The fourth-order valence-electron chi connectivity index (χ4n) is 2.50. The SMILES string of the molecule is Cc1cc(C)c(NC(=O)CC2CCCOC2)c(Cl)c1. The molecular weight excluding hydrogens is 262 g/mol. The van der Waals surface area contributed by atoms with Gasteiger partial charge in [-0.05, 0) is 49.8 Å². The Hall–Kier alpha value is -1.06. The zero-order chi connectivity index (χ0) is 13.8. The molecule has 0 saturated carbocycles. The Labute approximate surface area is 119 Å². The van der Waals surface area contributed by atoms with E-state index >= 15 is 0 Å². The van der Waals surface area contributed by atoms with Crippen LogP contribution in [-0.2, 0) is 9.53 Å². The minimum atomic E-state index is 0.0179. The Balaban J connectivity index is 1.98. The summed E-state index contributed by atoms with van der Waals surface area (Å²) >= 11 is 6.18. The number of aryl methyl sites for hydroxylation is 2. The van der Waals surface area contributed by atoms with E-state index in [0.717, 1.165) is 36.3 Å². The molecule has 1 atom stereocenters. The van der Waals surface area contributed by atoms with E-state index in [4.69, 9.17) is 16.3 Å². The Bertz CT molecular complexity index is 444. The topological polar surface area (TPSA) is 38.3 Å². The average molecular weight is 282 g/mol. The van der Waals surface area contributed by atoms with Crippen LogP contribution in [0.2, 0.25) is 5.02 Å². The van der Waals surface area contributed by atoms with Crippen molar-refractivity contribution in [3.8, 4) is 0 Å². The zero-order valence-corrected chi connectivity index (χ0v) is 12.2. The molecule has 1 heterocycles. The molecule has 1 aromatic rings. The van der Waals surface area contributed by atoms with Crippen LogP contribution < -0.4 is 5.32 Å². The Kier molecular flexibility index (Phi) is 4.83. The Morgan fingerprint density at radius 3 is 2.89 bits per heavy atom. The molecule has 1 aliphatic heterocycles. The van der Waals surface area contributed by atoms with Crippen LogP contribution in [0.4, 0.5) is 5.69 Å². The van der Waals surface area contributed by atoms with Crippen LogP contribution in [0.3, 0.4) is 0 Å². The van der Waals surface area contributed by atoms with E-state index in [-0.39, 0.29) is 5.91 Å². The van der Waals surface area contributed by atoms with E-state index in [9.17, 15) is 4.79 Å². The normalized spacial score (nSPS) is 19.2. The van der Waals surface area contributed by atoms with Gasteiger partial charge < -0.3 is 10.1 Å². The van der Waals surface area contributed by atoms with Gasteiger partial charge in [0.05, 0.1) is 10.7 Å². The van der Waals surface area contributed by atoms with Crippen LogP contribution in [0.1, 0.15) is 30.4 Å². The van der Waals surface area contributed by atoms with Gasteiger partial charge in [0, 0.05) is 19.6 Å². The summed E-state index contributed by atoms with van der Waals surface area (Å²) in [4.78, 5) is 12.0. The summed E-state index contributed by atoms with van der Waals surface area (Å²) in [5.41, 5.74) is 2.83. The second-order valence-corrected chi connectivity index (χ2v) is 5.68. The molecule has 3 nitrogen and oxygen atoms in total. The van der Waals surface area contributed by atoms with Crippen molar-refractivity contribution < 1.29 is 9.53 Å². The predicted molar refractivity (Wildman–Crippen MR) is 77.7 cm³/mol. The lowest BCUT2D eigenvalue weighted by atomic mass is 9.98. The van der Waals surface area contributed by atoms with Gasteiger partial charge in [-0.2, -0.15) is 0 Å². The first-order chi connectivity index (χ1) is 9.06. The molecule has 19 heavy (non-hydrogen) atoms. The number of benzene rings is 1. The summed E-state index contributed by atoms with van der Waals surface area (Å²) in [6.07, 6.45) is 2.61. The highest BCUT2D eigenvalue weighted by atomic mass is 35.5. The van der Waals surface area contributed by atoms with Gasteiger partial charge in [0.25, 0.3) is 0 Å². The summed E-state index contributed by atoms with van der Waals surface area (Å²) in [6, 6.07) is 3.89. The van der Waals surface area contributed by atoms with Crippen molar-refractivity contribution >= 4 is 23.2 Å².